The van der Waals surface area contributed by atoms with Crippen molar-refractivity contribution in [1.29, 1.82) is 0 Å². The Morgan fingerprint density at radius 1 is 1.42 bits per heavy atom. The number of ether oxygens (including phenoxy) is 1. The van der Waals surface area contributed by atoms with E-state index < -0.39 is 0 Å². The molecule has 4 nitrogen and oxygen atoms in total. The van der Waals surface area contributed by atoms with Crippen LogP contribution in [0.3, 0.4) is 0 Å². The van der Waals surface area contributed by atoms with E-state index in [1.807, 2.05) is 32.2 Å². The lowest BCUT2D eigenvalue weighted by atomic mass is 10.0. The van der Waals surface area contributed by atoms with E-state index in [1.54, 1.807) is 11.7 Å². The monoisotopic (exact) mass is 258 g/mol. The fraction of sp³-hybridized carbons (Fsp3) is 0.333. The van der Waals surface area contributed by atoms with Gasteiger partial charge in [0.2, 0.25) is 0 Å². The molecule has 0 N–H and O–H groups in total. The van der Waals surface area contributed by atoms with Crippen molar-refractivity contribution in [1.82, 2.24) is 9.55 Å². The zero-order valence-electron chi connectivity index (χ0n) is 11.7. The smallest absolute Gasteiger partial charge is 0.168 e. The van der Waals surface area contributed by atoms with E-state index in [9.17, 15) is 4.79 Å². The third kappa shape index (κ3) is 2.26. The van der Waals surface area contributed by atoms with Crippen LogP contribution in [0.25, 0.3) is 11.3 Å². The molecule has 19 heavy (non-hydrogen) atoms. The Balaban J connectivity index is 2.69. The second-order valence-corrected chi connectivity index (χ2v) is 4.46. The van der Waals surface area contributed by atoms with E-state index >= 15 is 0 Å². The van der Waals surface area contributed by atoms with Crippen molar-refractivity contribution in [3.8, 4) is 17.0 Å². The first-order valence-corrected chi connectivity index (χ1v) is 6.28. The van der Waals surface area contributed by atoms with Gasteiger partial charge >= 0.3 is 0 Å². The molecule has 4 heteroatoms. The molecule has 0 saturated carbocycles. The minimum atomic E-state index is 0.573. The van der Waals surface area contributed by atoms with Crippen molar-refractivity contribution in [2.75, 3.05) is 7.11 Å². The van der Waals surface area contributed by atoms with Gasteiger partial charge in [-0.3, -0.25) is 4.79 Å². The highest BCUT2D eigenvalue weighted by atomic mass is 16.5. The number of aldehydes is 1. The van der Waals surface area contributed by atoms with Crippen LogP contribution in [0, 0.1) is 6.92 Å². The van der Waals surface area contributed by atoms with Crippen molar-refractivity contribution in [3.63, 3.8) is 0 Å². The van der Waals surface area contributed by atoms with Gasteiger partial charge in [0.05, 0.1) is 7.11 Å². The number of carbonyl (C=O) groups excluding carboxylic acids is 1. The molecule has 0 amide bonds. The Kier molecular flexibility index (Phi) is 3.69. The third-order valence-corrected chi connectivity index (χ3v) is 3.40. The lowest BCUT2D eigenvalue weighted by Gasteiger charge is -2.09. The predicted octanol–water partition coefficient (Wildman–Crippen LogP) is 2.78. The van der Waals surface area contributed by atoms with Crippen LogP contribution in [0.2, 0.25) is 0 Å². The first kappa shape index (κ1) is 13.3. The summed E-state index contributed by atoms with van der Waals surface area (Å²) in [5, 5.41) is 0. The highest BCUT2D eigenvalue weighted by Gasteiger charge is 2.17. The summed E-state index contributed by atoms with van der Waals surface area (Å²) in [6.45, 7) is 3.97. The Bertz CT molecular complexity index is 615. The molecule has 1 aromatic heterocycles. The molecule has 0 radical (unpaired) electrons. The molecule has 0 saturated heterocycles. The van der Waals surface area contributed by atoms with Crippen LogP contribution in [0.15, 0.2) is 18.2 Å². The number of carbonyl (C=O) groups is 1. The number of methoxy groups -OCH3 is 1. The second-order valence-electron chi connectivity index (χ2n) is 4.46. The largest absolute Gasteiger partial charge is 0.496 e. The number of hydrogen-bond acceptors (Lipinski definition) is 3. The number of rotatable bonds is 4. The molecule has 0 fully saturated rings. The fourth-order valence-corrected chi connectivity index (χ4v) is 2.12. The molecular formula is C15H18N2O2. The molecule has 0 aliphatic rings. The maximum absolute atomic E-state index is 11.3. The topological polar surface area (TPSA) is 44.1 Å². The number of aryl methyl sites for hydroxylation is 2. The van der Waals surface area contributed by atoms with Crippen LogP contribution < -0.4 is 4.74 Å². The number of benzene rings is 1. The summed E-state index contributed by atoms with van der Waals surface area (Å²) in [5.41, 5.74) is 3.31. The van der Waals surface area contributed by atoms with Crippen LogP contribution >= 0.6 is 0 Å². The Labute approximate surface area is 113 Å². The summed E-state index contributed by atoms with van der Waals surface area (Å²) >= 11 is 0. The first-order valence-electron chi connectivity index (χ1n) is 6.28. The summed E-state index contributed by atoms with van der Waals surface area (Å²) in [6.07, 6.45) is 1.77. The standard InChI is InChI=1S/C15H18N2O2/c1-5-11-6-7-14(19-4)12(8-11)15-13(9-18)17(3)10(2)16-15/h6-9H,5H2,1-4H3. The highest BCUT2D eigenvalue weighted by Crippen LogP contribution is 2.32. The summed E-state index contributed by atoms with van der Waals surface area (Å²) < 4.78 is 7.17. The van der Waals surface area contributed by atoms with Gasteiger partial charge in [-0.25, -0.2) is 4.98 Å². The summed E-state index contributed by atoms with van der Waals surface area (Å²) in [4.78, 5) is 15.8. The molecule has 2 aromatic rings. The van der Waals surface area contributed by atoms with E-state index in [4.69, 9.17) is 4.74 Å². The van der Waals surface area contributed by atoms with E-state index in [2.05, 4.69) is 11.9 Å². The second kappa shape index (κ2) is 5.26. The van der Waals surface area contributed by atoms with Crippen molar-refractivity contribution in [3.05, 3.63) is 35.3 Å². The van der Waals surface area contributed by atoms with Crippen molar-refractivity contribution in [2.24, 2.45) is 7.05 Å². The molecule has 1 heterocycles. The normalized spacial score (nSPS) is 10.5. The van der Waals surface area contributed by atoms with E-state index in [0.29, 0.717) is 11.4 Å². The molecule has 0 aliphatic heterocycles. The van der Waals surface area contributed by atoms with E-state index in [0.717, 1.165) is 29.8 Å². The van der Waals surface area contributed by atoms with Crippen molar-refractivity contribution >= 4 is 6.29 Å². The van der Waals surface area contributed by atoms with Gasteiger partial charge in [0.25, 0.3) is 0 Å². The summed E-state index contributed by atoms with van der Waals surface area (Å²) in [5.74, 6) is 1.54. The maximum atomic E-state index is 11.3. The zero-order chi connectivity index (χ0) is 14.0. The number of hydrogen-bond donors (Lipinski definition) is 0. The minimum absolute atomic E-state index is 0.573. The third-order valence-electron chi connectivity index (χ3n) is 3.40. The minimum Gasteiger partial charge on any atom is -0.496 e. The molecule has 1 aromatic carbocycles. The van der Waals surface area contributed by atoms with Gasteiger partial charge in [-0.05, 0) is 31.0 Å². The van der Waals surface area contributed by atoms with Crippen LogP contribution in [0.1, 0.15) is 28.8 Å². The number of aromatic nitrogens is 2. The Morgan fingerprint density at radius 3 is 2.74 bits per heavy atom. The molecule has 0 aliphatic carbocycles. The van der Waals surface area contributed by atoms with Gasteiger partial charge < -0.3 is 9.30 Å². The highest BCUT2D eigenvalue weighted by molar-refractivity contribution is 5.86. The van der Waals surface area contributed by atoms with Gasteiger partial charge in [-0.15, -0.1) is 0 Å². The van der Waals surface area contributed by atoms with E-state index in [1.165, 1.54) is 5.56 Å². The number of imidazole rings is 1. The van der Waals surface area contributed by atoms with Gasteiger partial charge in [0.15, 0.2) is 6.29 Å². The Hall–Kier alpha value is -2.10. The molecule has 0 bridgehead atoms. The van der Waals surface area contributed by atoms with Gasteiger partial charge in [0.1, 0.15) is 23.0 Å². The zero-order valence-corrected chi connectivity index (χ0v) is 11.7. The van der Waals surface area contributed by atoms with Crippen LogP contribution in [0.4, 0.5) is 0 Å². The lowest BCUT2D eigenvalue weighted by Crippen LogP contribution is -1.98. The molecule has 0 atom stereocenters. The van der Waals surface area contributed by atoms with Gasteiger partial charge in [-0.1, -0.05) is 13.0 Å². The lowest BCUT2D eigenvalue weighted by molar-refractivity contribution is 0.111. The van der Waals surface area contributed by atoms with Gasteiger partial charge in [0, 0.05) is 12.6 Å². The fourth-order valence-electron chi connectivity index (χ4n) is 2.12. The molecular weight excluding hydrogens is 240 g/mol. The average Bonchev–Trinajstić information content (AvgIpc) is 2.73. The molecule has 100 valence electrons. The van der Waals surface area contributed by atoms with E-state index in [-0.39, 0.29) is 0 Å². The first-order chi connectivity index (χ1) is 9.12. The molecule has 0 unspecified atom stereocenters. The maximum Gasteiger partial charge on any atom is 0.168 e. The van der Waals surface area contributed by atoms with Gasteiger partial charge in [-0.2, -0.15) is 0 Å². The Morgan fingerprint density at radius 2 is 2.16 bits per heavy atom. The van der Waals surface area contributed by atoms with Crippen LogP contribution in [0.5, 0.6) is 5.75 Å². The van der Waals surface area contributed by atoms with Crippen LogP contribution in [-0.2, 0) is 13.5 Å². The average molecular weight is 258 g/mol. The van der Waals surface area contributed by atoms with Crippen molar-refractivity contribution in [2.45, 2.75) is 20.3 Å². The van der Waals surface area contributed by atoms with Crippen LogP contribution in [-0.4, -0.2) is 22.9 Å². The van der Waals surface area contributed by atoms with Crippen molar-refractivity contribution < 1.29 is 9.53 Å². The predicted molar refractivity (Wildman–Crippen MR) is 74.7 cm³/mol. The molecule has 2 rings (SSSR count). The quantitative estimate of drug-likeness (QED) is 0.792. The number of nitrogens with zero attached hydrogens (tertiary/aromatic N) is 2. The SMILES string of the molecule is CCc1ccc(OC)c(-c2nc(C)n(C)c2C=O)c1. The summed E-state index contributed by atoms with van der Waals surface area (Å²) in [6, 6.07) is 5.99. The molecule has 0 spiro atoms. The summed E-state index contributed by atoms with van der Waals surface area (Å²) in [7, 11) is 3.46.